The van der Waals surface area contributed by atoms with E-state index in [4.69, 9.17) is 21.1 Å². The molecule has 0 aliphatic heterocycles. The lowest BCUT2D eigenvalue weighted by molar-refractivity contribution is -0.119. The van der Waals surface area contributed by atoms with Crippen molar-refractivity contribution in [3.8, 4) is 5.75 Å². The van der Waals surface area contributed by atoms with Gasteiger partial charge < -0.3 is 14.8 Å². The molecule has 0 saturated heterocycles. The SMILES string of the molecule is CCCCOc1ccc(C(=O)OCC(=O)Nc2cccnc2Cl)cc1. The monoisotopic (exact) mass is 362 g/mol. The molecule has 0 bridgehead atoms. The average molecular weight is 363 g/mol. The number of rotatable bonds is 8. The van der Waals surface area contributed by atoms with Crippen molar-refractivity contribution in [3.05, 3.63) is 53.3 Å². The maximum Gasteiger partial charge on any atom is 0.338 e. The van der Waals surface area contributed by atoms with Crippen molar-refractivity contribution in [2.24, 2.45) is 0 Å². The van der Waals surface area contributed by atoms with E-state index in [2.05, 4.69) is 17.2 Å². The van der Waals surface area contributed by atoms with E-state index in [0.717, 1.165) is 12.8 Å². The number of unbranched alkanes of at least 4 members (excludes halogenated alkanes) is 1. The first kappa shape index (κ1) is 18.7. The Morgan fingerprint density at radius 2 is 1.96 bits per heavy atom. The highest BCUT2D eigenvalue weighted by molar-refractivity contribution is 6.32. The van der Waals surface area contributed by atoms with Crippen LogP contribution in [0.1, 0.15) is 30.1 Å². The highest BCUT2D eigenvalue weighted by Gasteiger charge is 2.12. The van der Waals surface area contributed by atoms with Crippen LogP contribution in [-0.2, 0) is 9.53 Å². The molecule has 1 aromatic heterocycles. The molecule has 0 aliphatic rings. The molecule has 1 N–H and O–H groups in total. The van der Waals surface area contributed by atoms with Gasteiger partial charge in [0.1, 0.15) is 5.75 Å². The van der Waals surface area contributed by atoms with E-state index in [-0.39, 0.29) is 5.15 Å². The van der Waals surface area contributed by atoms with Crippen molar-refractivity contribution in [1.82, 2.24) is 4.98 Å². The van der Waals surface area contributed by atoms with E-state index in [1.807, 2.05) is 0 Å². The van der Waals surface area contributed by atoms with Gasteiger partial charge >= 0.3 is 5.97 Å². The van der Waals surface area contributed by atoms with Gasteiger partial charge in [0.05, 0.1) is 17.9 Å². The van der Waals surface area contributed by atoms with Crippen LogP contribution in [-0.4, -0.2) is 30.1 Å². The zero-order chi connectivity index (χ0) is 18.1. The second kappa shape index (κ2) is 9.64. The Bertz CT molecular complexity index is 719. The van der Waals surface area contributed by atoms with Crippen LogP contribution in [0.4, 0.5) is 5.69 Å². The second-order valence-electron chi connectivity index (χ2n) is 5.19. The van der Waals surface area contributed by atoms with Gasteiger partial charge in [-0.25, -0.2) is 9.78 Å². The zero-order valence-corrected chi connectivity index (χ0v) is 14.6. The molecule has 0 saturated carbocycles. The predicted molar refractivity (Wildman–Crippen MR) is 95.0 cm³/mol. The Morgan fingerprint density at radius 3 is 2.64 bits per heavy atom. The average Bonchev–Trinajstić information content (AvgIpc) is 2.62. The minimum Gasteiger partial charge on any atom is -0.494 e. The molecule has 0 unspecified atom stereocenters. The Morgan fingerprint density at radius 1 is 1.20 bits per heavy atom. The maximum atomic E-state index is 12.0. The van der Waals surface area contributed by atoms with Crippen LogP contribution in [0.25, 0.3) is 0 Å². The van der Waals surface area contributed by atoms with Crippen LogP contribution in [0, 0.1) is 0 Å². The van der Waals surface area contributed by atoms with E-state index in [1.165, 1.54) is 6.20 Å². The number of pyridine rings is 1. The van der Waals surface area contributed by atoms with Gasteiger partial charge in [-0.1, -0.05) is 24.9 Å². The van der Waals surface area contributed by atoms with Crippen molar-refractivity contribution in [3.63, 3.8) is 0 Å². The minimum absolute atomic E-state index is 0.167. The molecule has 1 amide bonds. The lowest BCUT2D eigenvalue weighted by Gasteiger charge is -2.08. The molecule has 1 heterocycles. The van der Waals surface area contributed by atoms with Gasteiger partial charge in [-0.3, -0.25) is 4.79 Å². The molecule has 2 rings (SSSR count). The third-order valence-corrected chi connectivity index (χ3v) is 3.53. The van der Waals surface area contributed by atoms with Gasteiger partial charge in [0.25, 0.3) is 5.91 Å². The van der Waals surface area contributed by atoms with Crippen LogP contribution in [0.5, 0.6) is 5.75 Å². The number of carbonyl (C=O) groups is 2. The summed E-state index contributed by atoms with van der Waals surface area (Å²) in [6, 6.07) is 9.83. The quantitative estimate of drug-likeness (QED) is 0.440. The number of halogens is 1. The molecule has 0 aliphatic carbocycles. The molecule has 132 valence electrons. The molecular weight excluding hydrogens is 344 g/mol. The highest BCUT2D eigenvalue weighted by Crippen LogP contribution is 2.17. The van der Waals surface area contributed by atoms with Crippen LogP contribution < -0.4 is 10.1 Å². The molecule has 7 heteroatoms. The lowest BCUT2D eigenvalue weighted by Crippen LogP contribution is -2.21. The molecule has 2 aromatic rings. The summed E-state index contributed by atoms with van der Waals surface area (Å²) in [7, 11) is 0. The smallest absolute Gasteiger partial charge is 0.338 e. The Hall–Kier alpha value is -2.60. The first-order valence-electron chi connectivity index (χ1n) is 7.90. The van der Waals surface area contributed by atoms with Crippen molar-refractivity contribution >= 4 is 29.2 Å². The maximum absolute atomic E-state index is 12.0. The Kier molecular flexibility index (Phi) is 7.22. The van der Waals surface area contributed by atoms with Gasteiger partial charge in [-0.15, -0.1) is 0 Å². The lowest BCUT2D eigenvalue weighted by atomic mass is 10.2. The number of esters is 1. The van der Waals surface area contributed by atoms with Crippen LogP contribution in [0.3, 0.4) is 0 Å². The second-order valence-corrected chi connectivity index (χ2v) is 5.55. The molecule has 0 radical (unpaired) electrons. The Balaban J connectivity index is 1.81. The molecule has 0 fully saturated rings. The van der Waals surface area contributed by atoms with Crippen molar-refractivity contribution in [2.75, 3.05) is 18.5 Å². The van der Waals surface area contributed by atoms with E-state index in [9.17, 15) is 9.59 Å². The fourth-order valence-corrected chi connectivity index (χ4v) is 2.07. The number of nitrogens with one attached hydrogen (secondary N) is 1. The summed E-state index contributed by atoms with van der Waals surface area (Å²) in [6.07, 6.45) is 3.53. The summed E-state index contributed by atoms with van der Waals surface area (Å²) < 4.78 is 10.5. The number of amides is 1. The van der Waals surface area contributed by atoms with Crippen LogP contribution in [0.2, 0.25) is 5.15 Å². The third-order valence-electron chi connectivity index (χ3n) is 3.22. The van der Waals surface area contributed by atoms with E-state index < -0.39 is 18.5 Å². The predicted octanol–water partition coefficient (Wildman–Crippen LogP) is 3.71. The van der Waals surface area contributed by atoms with Crippen LogP contribution in [0.15, 0.2) is 42.6 Å². The van der Waals surface area contributed by atoms with Crippen molar-refractivity contribution in [2.45, 2.75) is 19.8 Å². The van der Waals surface area contributed by atoms with Gasteiger partial charge in [-0.2, -0.15) is 0 Å². The van der Waals surface area contributed by atoms with Crippen molar-refractivity contribution < 1.29 is 19.1 Å². The molecule has 25 heavy (non-hydrogen) atoms. The van der Waals surface area contributed by atoms with Gasteiger partial charge in [0.2, 0.25) is 0 Å². The number of ether oxygens (including phenoxy) is 2. The molecule has 0 spiro atoms. The Labute approximate surface area is 151 Å². The minimum atomic E-state index is -0.590. The normalized spacial score (nSPS) is 10.2. The van der Waals surface area contributed by atoms with Gasteiger partial charge in [0.15, 0.2) is 11.8 Å². The number of benzene rings is 1. The molecule has 0 atom stereocenters. The summed E-state index contributed by atoms with van der Waals surface area (Å²) in [5, 5.41) is 2.69. The third kappa shape index (κ3) is 6.08. The van der Waals surface area contributed by atoms with E-state index in [0.29, 0.717) is 23.6 Å². The molecule has 6 nitrogen and oxygen atoms in total. The number of hydrogen-bond donors (Lipinski definition) is 1. The molecule has 1 aromatic carbocycles. The number of anilines is 1. The summed E-state index contributed by atoms with van der Waals surface area (Å²) >= 11 is 5.84. The van der Waals surface area contributed by atoms with E-state index in [1.54, 1.807) is 36.4 Å². The van der Waals surface area contributed by atoms with Gasteiger partial charge in [-0.05, 0) is 42.8 Å². The first-order valence-corrected chi connectivity index (χ1v) is 8.28. The molecular formula is C18H19ClN2O4. The summed E-state index contributed by atoms with van der Waals surface area (Å²) in [6.45, 7) is 2.30. The topological polar surface area (TPSA) is 77.5 Å². The fraction of sp³-hybridized carbons (Fsp3) is 0.278. The highest BCUT2D eigenvalue weighted by atomic mass is 35.5. The number of aromatic nitrogens is 1. The van der Waals surface area contributed by atoms with E-state index >= 15 is 0 Å². The fourth-order valence-electron chi connectivity index (χ4n) is 1.90. The number of hydrogen-bond acceptors (Lipinski definition) is 5. The van der Waals surface area contributed by atoms with Crippen LogP contribution >= 0.6 is 11.6 Å². The van der Waals surface area contributed by atoms with Gasteiger partial charge in [0, 0.05) is 6.20 Å². The van der Waals surface area contributed by atoms with Crippen molar-refractivity contribution in [1.29, 1.82) is 0 Å². The first-order chi connectivity index (χ1) is 12.1. The number of nitrogens with zero attached hydrogens (tertiary/aromatic N) is 1. The standard InChI is InChI=1S/C18H19ClN2O4/c1-2-3-11-24-14-8-6-13(7-9-14)18(23)25-12-16(22)21-15-5-4-10-20-17(15)19/h4-10H,2-3,11-12H2,1H3,(H,21,22). The number of carbonyl (C=O) groups excluding carboxylic acids is 2. The summed E-state index contributed by atoms with van der Waals surface area (Å²) in [4.78, 5) is 27.6. The largest absolute Gasteiger partial charge is 0.494 e. The summed E-state index contributed by atoms with van der Waals surface area (Å²) in [5.74, 6) is -0.399. The summed E-state index contributed by atoms with van der Waals surface area (Å²) in [5.41, 5.74) is 0.703. The zero-order valence-electron chi connectivity index (χ0n) is 13.8.